The summed E-state index contributed by atoms with van der Waals surface area (Å²) in [7, 11) is 0. The standard InChI is InChI=1S/C10H14N6O2S/c1-7(2)15-4-3-8(12-15)6-19-10-11-13-14-16(10)5-9(17)18/h3-4,7H,5-6H2,1-2H3,(H,17,18). The van der Waals surface area contributed by atoms with Crippen LogP contribution in [0.5, 0.6) is 0 Å². The van der Waals surface area contributed by atoms with E-state index in [0.717, 1.165) is 5.69 Å². The second-order valence-corrected chi connectivity index (χ2v) is 5.12. The molecule has 2 rings (SSSR count). The van der Waals surface area contributed by atoms with Gasteiger partial charge in [0, 0.05) is 18.0 Å². The van der Waals surface area contributed by atoms with Crippen molar-refractivity contribution < 1.29 is 9.90 Å². The van der Waals surface area contributed by atoms with Gasteiger partial charge in [0.25, 0.3) is 0 Å². The average Bonchev–Trinajstić information content (AvgIpc) is 2.94. The topological polar surface area (TPSA) is 98.7 Å². The molecule has 0 aromatic carbocycles. The van der Waals surface area contributed by atoms with Gasteiger partial charge in [0.15, 0.2) is 0 Å². The maximum Gasteiger partial charge on any atom is 0.325 e. The summed E-state index contributed by atoms with van der Waals surface area (Å²) in [5.41, 5.74) is 0.906. The van der Waals surface area contributed by atoms with Gasteiger partial charge in [-0.05, 0) is 30.3 Å². The van der Waals surface area contributed by atoms with Crippen LogP contribution in [0.15, 0.2) is 17.4 Å². The zero-order valence-corrected chi connectivity index (χ0v) is 11.4. The summed E-state index contributed by atoms with van der Waals surface area (Å²) in [6, 6.07) is 2.24. The summed E-state index contributed by atoms with van der Waals surface area (Å²) in [6.07, 6.45) is 1.92. The lowest BCUT2D eigenvalue weighted by molar-refractivity contribution is -0.138. The Morgan fingerprint density at radius 2 is 2.32 bits per heavy atom. The average molecular weight is 282 g/mol. The van der Waals surface area contributed by atoms with Crippen molar-refractivity contribution in [3.8, 4) is 0 Å². The molecule has 8 nitrogen and oxygen atoms in total. The van der Waals surface area contributed by atoms with Gasteiger partial charge in [-0.15, -0.1) is 5.10 Å². The molecule has 0 saturated heterocycles. The second-order valence-electron chi connectivity index (χ2n) is 4.18. The van der Waals surface area contributed by atoms with Gasteiger partial charge >= 0.3 is 5.97 Å². The highest BCUT2D eigenvalue weighted by Crippen LogP contribution is 2.19. The van der Waals surface area contributed by atoms with Crippen molar-refractivity contribution in [2.24, 2.45) is 0 Å². The Balaban J connectivity index is 1.98. The minimum Gasteiger partial charge on any atom is -0.480 e. The van der Waals surface area contributed by atoms with Crippen LogP contribution in [0.4, 0.5) is 0 Å². The molecule has 9 heteroatoms. The van der Waals surface area contributed by atoms with Crippen molar-refractivity contribution in [1.82, 2.24) is 30.0 Å². The van der Waals surface area contributed by atoms with Crippen molar-refractivity contribution in [1.29, 1.82) is 0 Å². The number of thioether (sulfide) groups is 1. The van der Waals surface area contributed by atoms with Crippen molar-refractivity contribution in [3.05, 3.63) is 18.0 Å². The molecule has 0 bridgehead atoms. The van der Waals surface area contributed by atoms with Gasteiger partial charge in [0.1, 0.15) is 6.54 Å². The van der Waals surface area contributed by atoms with E-state index in [1.54, 1.807) is 0 Å². The van der Waals surface area contributed by atoms with Crippen molar-refractivity contribution in [2.75, 3.05) is 0 Å². The van der Waals surface area contributed by atoms with Crippen LogP contribution in [-0.2, 0) is 17.1 Å². The molecule has 0 amide bonds. The van der Waals surface area contributed by atoms with Gasteiger partial charge in [-0.2, -0.15) is 5.10 Å². The van der Waals surface area contributed by atoms with Gasteiger partial charge in [0.2, 0.25) is 5.16 Å². The van der Waals surface area contributed by atoms with Crippen LogP contribution in [-0.4, -0.2) is 41.1 Å². The Hall–Kier alpha value is -1.90. The fourth-order valence-corrected chi connectivity index (χ4v) is 2.18. The number of aliphatic carboxylic acids is 1. The van der Waals surface area contributed by atoms with E-state index in [9.17, 15) is 4.79 Å². The van der Waals surface area contributed by atoms with Crippen LogP contribution < -0.4 is 0 Å². The van der Waals surface area contributed by atoms with E-state index in [-0.39, 0.29) is 6.54 Å². The first kappa shape index (κ1) is 13.5. The zero-order valence-electron chi connectivity index (χ0n) is 10.6. The van der Waals surface area contributed by atoms with Crippen LogP contribution in [0, 0.1) is 0 Å². The number of aromatic nitrogens is 6. The molecule has 0 aliphatic heterocycles. The van der Waals surface area contributed by atoms with E-state index in [0.29, 0.717) is 17.0 Å². The van der Waals surface area contributed by atoms with Crippen molar-refractivity contribution >= 4 is 17.7 Å². The normalized spacial score (nSPS) is 11.1. The van der Waals surface area contributed by atoms with Crippen LogP contribution in [0.2, 0.25) is 0 Å². The SMILES string of the molecule is CC(C)n1ccc(CSc2nnnn2CC(=O)O)n1. The molecule has 0 saturated carbocycles. The molecule has 2 aromatic heterocycles. The lowest BCUT2D eigenvalue weighted by atomic mass is 10.4. The Labute approximate surface area is 113 Å². The zero-order chi connectivity index (χ0) is 13.8. The highest BCUT2D eigenvalue weighted by molar-refractivity contribution is 7.98. The summed E-state index contributed by atoms with van der Waals surface area (Å²) in [6.45, 7) is 3.87. The number of rotatable bonds is 6. The summed E-state index contributed by atoms with van der Waals surface area (Å²) >= 11 is 1.36. The maximum absolute atomic E-state index is 10.6. The van der Waals surface area contributed by atoms with E-state index in [1.807, 2.05) is 16.9 Å². The van der Waals surface area contributed by atoms with Crippen LogP contribution in [0.25, 0.3) is 0 Å². The predicted molar refractivity (Wildman–Crippen MR) is 67.6 cm³/mol. The van der Waals surface area contributed by atoms with E-state index in [4.69, 9.17) is 5.11 Å². The van der Waals surface area contributed by atoms with Crippen LogP contribution >= 0.6 is 11.8 Å². The Kier molecular flexibility index (Phi) is 4.15. The molecule has 2 aromatic rings. The largest absolute Gasteiger partial charge is 0.480 e. The molecule has 0 unspecified atom stereocenters. The number of hydrogen-bond acceptors (Lipinski definition) is 6. The predicted octanol–water partition coefficient (Wildman–Crippen LogP) is 0.827. The number of nitrogens with zero attached hydrogens (tertiary/aromatic N) is 6. The summed E-state index contributed by atoms with van der Waals surface area (Å²) in [5.74, 6) is -0.377. The van der Waals surface area contributed by atoms with Gasteiger partial charge in [0.05, 0.1) is 5.69 Å². The monoisotopic (exact) mass is 282 g/mol. The smallest absolute Gasteiger partial charge is 0.325 e. The summed E-state index contributed by atoms with van der Waals surface area (Å²) < 4.78 is 3.13. The third-order valence-corrected chi connectivity index (χ3v) is 3.32. The molecule has 0 fully saturated rings. The molecular formula is C10H14N6O2S. The fraction of sp³-hybridized carbons (Fsp3) is 0.500. The number of carboxylic acids is 1. The van der Waals surface area contributed by atoms with Gasteiger partial charge in [-0.1, -0.05) is 11.8 Å². The first-order valence-corrected chi connectivity index (χ1v) is 6.69. The summed E-state index contributed by atoms with van der Waals surface area (Å²) in [5, 5.41) is 24.5. The fourth-order valence-electron chi connectivity index (χ4n) is 1.41. The molecule has 0 spiro atoms. The third-order valence-electron chi connectivity index (χ3n) is 2.33. The van der Waals surface area contributed by atoms with E-state index >= 15 is 0 Å². The third kappa shape index (κ3) is 3.53. The minimum atomic E-state index is -0.974. The molecule has 1 N–H and O–H groups in total. The highest BCUT2D eigenvalue weighted by atomic mass is 32.2. The van der Waals surface area contributed by atoms with E-state index < -0.39 is 5.97 Å². The van der Waals surface area contributed by atoms with E-state index in [1.165, 1.54) is 16.4 Å². The molecular weight excluding hydrogens is 268 g/mol. The quantitative estimate of drug-likeness (QED) is 0.783. The van der Waals surface area contributed by atoms with Crippen molar-refractivity contribution in [2.45, 2.75) is 37.3 Å². The molecule has 102 valence electrons. The maximum atomic E-state index is 10.6. The Morgan fingerprint density at radius 3 is 2.95 bits per heavy atom. The first-order chi connectivity index (χ1) is 9.06. The molecule has 0 aliphatic carbocycles. The van der Waals surface area contributed by atoms with Crippen molar-refractivity contribution in [3.63, 3.8) is 0 Å². The number of hydrogen-bond donors (Lipinski definition) is 1. The first-order valence-electron chi connectivity index (χ1n) is 5.71. The number of carboxylic acid groups (broad SMARTS) is 1. The van der Waals surface area contributed by atoms with Gasteiger partial charge in [-0.25, -0.2) is 4.68 Å². The molecule has 0 atom stereocenters. The van der Waals surface area contributed by atoms with E-state index in [2.05, 4.69) is 34.5 Å². The molecule has 0 aliphatic rings. The lowest BCUT2D eigenvalue weighted by Gasteiger charge is -2.03. The van der Waals surface area contributed by atoms with Crippen LogP contribution in [0.3, 0.4) is 0 Å². The van der Waals surface area contributed by atoms with Gasteiger partial charge in [-0.3, -0.25) is 9.48 Å². The second kappa shape index (κ2) is 5.83. The Bertz CT molecular complexity index is 564. The molecule has 0 radical (unpaired) electrons. The summed E-state index contributed by atoms with van der Waals surface area (Å²) in [4.78, 5) is 10.6. The molecule has 19 heavy (non-hydrogen) atoms. The lowest BCUT2D eigenvalue weighted by Crippen LogP contribution is -2.11. The number of carbonyl (C=O) groups is 1. The van der Waals surface area contributed by atoms with Crippen LogP contribution in [0.1, 0.15) is 25.6 Å². The highest BCUT2D eigenvalue weighted by Gasteiger charge is 2.11. The van der Waals surface area contributed by atoms with Gasteiger partial charge < -0.3 is 5.11 Å². The Morgan fingerprint density at radius 1 is 1.53 bits per heavy atom. The number of tetrazole rings is 1. The minimum absolute atomic E-state index is 0.240. The molecule has 2 heterocycles.